The quantitative estimate of drug-likeness (QED) is 0.593. The molecule has 0 N–H and O–H groups in total. The van der Waals surface area contributed by atoms with Gasteiger partial charge in [0, 0.05) is 12.0 Å². The number of ether oxygens (including phenoxy) is 2. The van der Waals surface area contributed by atoms with Gasteiger partial charge in [0.1, 0.15) is 23.8 Å². The lowest BCUT2D eigenvalue weighted by Gasteiger charge is -2.04. The number of rotatable bonds is 7. The summed E-state index contributed by atoms with van der Waals surface area (Å²) in [6, 6.07) is 17.3. The van der Waals surface area contributed by atoms with Crippen LogP contribution in [0.25, 0.3) is 11.5 Å². The van der Waals surface area contributed by atoms with Crippen LogP contribution in [0, 0.1) is 6.92 Å². The van der Waals surface area contributed by atoms with Crippen LogP contribution >= 0.6 is 0 Å². The number of esters is 1. The first kappa shape index (κ1) is 17.7. The first-order valence-corrected chi connectivity index (χ1v) is 8.46. The van der Waals surface area contributed by atoms with E-state index < -0.39 is 0 Å². The Hall–Kier alpha value is -3.08. The van der Waals surface area contributed by atoms with E-state index in [0.29, 0.717) is 30.2 Å². The number of hydrogen-bond donors (Lipinski definition) is 0. The van der Waals surface area contributed by atoms with Crippen LogP contribution in [0.3, 0.4) is 0 Å². The Morgan fingerprint density at radius 2 is 1.81 bits per heavy atom. The molecule has 0 bridgehead atoms. The van der Waals surface area contributed by atoms with Gasteiger partial charge in [-0.3, -0.25) is 4.79 Å². The lowest BCUT2D eigenvalue weighted by atomic mass is 10.1. The molecule has 26 heavy (non-hydrogen) atoms. The molecule has 134 valence electrons. The van der Waals surface area contributed by atoms with Gasteiger partial charge in [0.25, 0.3) is 0 Å². The number of nitrogens with zero attached hydrogens (tertiary/aromatic N) is 1. The summed E-state index contributed by atoms with van der Waals surface area (Å²) < 4.78 is 16.1. The van der Waals surface area contributed by atoms with Crippen LogP contribution in [-0.2, 0) is 22.6 Å². The van der Waals surface area contributed by atoms with Crippen molar-refractivity contribution in [3.8, 4) is 17.2 Å². The van der Waals surface area contributed by atoms with Crippen LogP contribution in [0.5, 0.6) is 5.75 Å². The predicted octanol–water partition coefficient (Wildman–Crippen LogP) is 4.33. The van der Waals surface area contributed by atoms with Gasteiger partial charge in [-0.25, -0.2) is 4.98 Å². The number of methoxy groups -OCH3 is 1. The lowest BCUT2D eigenvalue weighted by molar-refractivity contribution is -0.145. The highest BCUT2D eigenvalue weighted by Crippen LogP contribution is 2.22. The number of carbonyl (C=O) groups is 1. The molecule has 0 saturated heterocycles. The van der Waals surface area contributed by atoms with Crippen LogP contribution in [0.15, 0.2) is 59.0 Å². The fourth-order valence-electron chi connectivity index (χ4n) is 2.53. The van der Waals surface area contributed by atoms with Gasteiger partial charge in [0.2, 0.25) is 5.89 Å². The summed E-state index contributed by atoms with van der Waals surface area (Å²) in [7, 11) is 1.63. The first-order valence-electron chi connectivity index (χ1n) is 8.46. The summed E-state index contributed by atoms with van der Waals surface area (Å²) in [5.74, 6) is 1.73. The van der Waals surface area contributed by atoms with E-state index in [-0.39, 0.29) is 12.6 Å². The Kier molecular flexibility index (Phi) is 5.69. The minimum atomic E-state index is -0.260. The minimum absolute atomic E-state index is 0.115. The maximum Gasteiger partial charge on any atom is 0.306 e. The maximum absolute atomic E-state index is 12.0. The molecule has 0 saturated carbocycles. The van der Waals surface area contributed by atoms with E-state index in [0.717, 1.165) is 16.9 Å². The van der Waals surface area contributed by atoms with Crippen molar-refractivity contribution in [2.75, 3.05) is 7.11 Å². The molecule has 0 fully saturated rings. The van der Waals surface area contributed by atoms with Gasteiger partial charge < -0.3 is 13.9 Å². The molecule has 0 aliphatic heterocycles. The molecular formula is C21H21NO4. The van der Waals surface area contributed by atoms with Gasteiger partial charge in [-0.15, -0.1) is 0 Å². The smallest absolute Gasteiger partial charge is 0.306 e. The Balaban J connectivity index is 1.52. The highest BCUT2D eigenvalue weighted by molar-refractivity contribution is 5.69. The minimum Gasteiger partial charge on any atom is -0.497 e. The Labute approximate surface area is 152 Å². The van der Waals surface area contributed by atoms with E-state index in [9.17, 15) is 4.79 Å². The number of aromatic nitrogens is 1. The molecular weight excluding hydrogens is 330 g/mol. The molecule has 3 rings (SSSR count). The Bertz CT molecular complexity index is 853. The zero-order valence-electron chi connectivity index (χ0n) is 14.9. The zero-order valence-corrected chi connectivity index (χ0v) is 14.9. The van der Waals surface area contributed by atoms with Crippen molar-refractivity contribution in [2.45, 2.75) is 26.4 Å². The van der Waals surface area contributed by atoms with Crippen LogP contribution in [0.2, 0.25) is 0 Å². The molecule has 5 nitrogen and oxygen atoms in total. The maximum atomic E-state index is 12.0. The van der Waals surface area contributed by atoms with Crippen molar-refractivity contribution in [1.29, 1.82) is 0 Å². The molecule has 0 aliphatic carbocycles. The fraction of sp³-hybridized carbons (Fsp3) is 0.238. The summed E-state index contributed by atoms with van der Waals surface area (Å²) in [6.07, 6.45) is 0.935. The van der Waals surface area contributed by atoms with E-state index in [2.05, 4.69) is 4.98 Å². The summed E-state index contributed by atoms with van der Waals surface area (Å²) in [4.78, 5) is 16.4. The Morgan fingerprint density at radius 1 is 1.08 bits per heavy atom. The van der Waals surface area contributed by atoms with Crippen molar-refractivity contribution >= 4 is 5.97 Å². The van der Waals surface area contributed by atoms with Crippen molar-refractivity contribution in [2.24, 2.45) is 0 Å². The molecule has 2 aromatic carbocycles. The molecule has 5 heteroatoms. The number of aryl methyl sites for hydroxylation is 2. The molecule has 3 aromatic rings. The molecule has 0 unspecified atom stereocenters. The molecule has 0 aliphatic rings. The highest BCUT2D eigenvalue weighted by Gasteiger charge is 2.13. The predicted molar refractivity (Wildman–Crippen MR) is 97.8 cm³/mol. The molecule has 0 radical (unpaired) electrons. The molecule has 1 heterocycles. The molecule has 1 aromatic heterocycles. The third-order valence-electron chi connectivity index (χ3n) is 4.06. The SMILES string of the molecule is COc1ccc(CCC(=O)OCc2nc(-c3ccccc3)oc2C)cc1. The average molecular weight is 351 g/mol. The van der Waals surface area contributed by atoms with Crippen molar-refractivity contribution in [3.05, 3.63) is 71.6 Å². The van der Waals surface area contributed by atoms with E-state index >= 15 is 0 Å². The van der Waals surface area contributed by atoms with Gasteiger partial charge in [-0.2, -0.15) is 0 Å². The number of hydrogen-bond acceptors (Lipinski definition) is 5. The van der Waals surface area contributed by atoms with Gasteiger partial charge in [-0.05, 0) is 43.2 Å². The molecule has 0 amide bonds. The first-order chi connectivity index (χ1) is 12.7. The average Bonchev–Trinajstić information content (AvgIpc) is 3.06. The normalized spacial score (nSPS) is 10.5. The van der Waals surface area contributed by atoms with Gasteiger partial charge >= 0.3 is 5.97 Å². The largest absolute Gasteiger partial charge is 0.497 e. The molecule has 0 atom stereocenters. The van der Waals surface area contributed by atoms with Crippen molar-refractivity contribution in [3.63, 3.8) is 0 Å². The summed E-state index contributed by atoms with van der Waals surface area (Å²) in [5.41, 5.74) is 2.60. The van der Waals surface area contributed by atoms with E-state index in [1.807, 2.05) is 61.5 Å². The van der Waals surface area contributed by atoms with Gasteiger partial charge in [0.15, 0.2) is 0 Å². The highest BCUT2D eigenvalue weighted by atomic mass is 16.5. The van der Waals surface area contributed by atoms with Crippen LogP contribution in [0.1, 0.15) is 23.4 Å². The topological polar surface area (TPSA) is 61.6 Å². The van der Waals surface area contributed by atoms with E-state index in [4.69, 9.17) is 13.9 Å². The van der Waals surface area contributed by atoms with Crippen LogP contribution in [0.4, 0.5) is 0 Å². The van der Waals surface area contributed by atoms with Crippen LogP contribution in [-0.4, -0.2) is 18.1 Å². The van der Waals surface area contributed by atoms with Crippen molar-refractivity contribution in [1.82, 2.24) is 4.98 Å². The number of carbonyl (C=O) groups excluding carboxylic acids is 1. The zero-order chi connectivity index (χ0) is 18.4. The summed E-state index contributed by atoms with van der Waals surface area (Å²) in [6.45, 7) is 1.93. The second-order valence-electron chi connectivity index (χ2n) is 5.90. The monoisotopic (exact) mass is 351 g/mol. The summed E-state index contributed by atoms with van der Waals surface area (Å²) >= 11 is 0. The number of oxazole rings is 1. The Morgan fingerprint density at radius 3 is 2.50 bits per heavy atom. The van der Waals surface area contributed by atoms with E-state index in [1.54, 1.807) is 7.11 Å². The second-order valence-corrected chi connectivity index (χ2v) is 5.90. The third-order valence-corrected chi connectivity index (χ3v) is 4.06. The second kappa shape index (κ2) is 8.34. The van der Waals surface area contributed by atoms with E-state index in [1.165, 1.54) is 0 Å². The van der Waals surface area contributed by atoms with Gasteiger partial charge in [0.05, 0.1) is 7.11 Å². The third kappa shape index (κ3) is 4.51. The van der Waals surface area contributed by atoms with Crippen molar-refractivity contribution < 1.29 is 18.7 Å². The lowest BCUT2D eigenvalue weighted by Crippen LogP contribution is -2.06. The number of benzene rings is 2. The molecule has 0 spiro atoms. The fourth-order valence-corrected chi connectivity index (χ4v) is 2.53. The van der Waals surface area contributed by atoms with Crippen LogP contribution < -0.4 is 4.74 Å². The standard InChI is InChI=1S/C21H21NO4/c1-15-19(22-21(26-15)17-6-4-3-5-7-17)14-25-20(23)13-10-16-8-11-18(24-2)12-9-16/h3-9,11-12H,10,13-14H2,1-2H3. The summed E-state index contributed by atoms with van der Waals surface area (Å²) in [5, 5.41) is 0. The van der Waals surface area contributed by atoms with Gasteiger partial charge in [-0.1, -0.05) is 30.3 Å².